The fourth-order valence-corrected chi connectivity index (χ4v) is 2.30. The van der Waals surface area contributed by atoms with Crippen LogP contribution in [0.25, 0.3) is 10.8 Å². The summed E-state index contributed by atoms with van der Waals surface area (Å²) in [5.74, 6) is 0. The van der Waals surface area contributed by atoms with Gasteiger partial charge >= 0.3 is 0 Å². The zero-order valence-electron chi connectivity index (χ0n) is 12.2. The Bertz CT molecular complexity index is 521. The van der Waals surface area contributed by atoms with Gasteiger partial charge in [0.15, 0.2) is 0 Å². The Kier molecular flexibility index (Phi) is 4.94. The van der Waals surface area contributed by atoms with Crippen molar-refractivity contribution < 1.29 is 0 Å². The first-order valence-corrected chi connectivity index (χ1v) is 7.08. The standard InChI is InChI=1S/C17H24N2/c1-4-19(3)13-14(2)18-12-15-9-10-16-7-5-6-8-17(16)11-15/h5-11,14,18H,4,12-13H2,1-3H3. The van der Waals surface area contributed by atoms with Gasteiger partial charge in [0, 0.05) is 19.1 Å². The van der Waals surface area contributed by atoms with Gasteiger partial charge in [-0.2, -0.15) is 0 Å². The maximum atomic E-state index is 3.59. The van der Waals surface area contributed by atoms with Gasteiger partial charge in [-0.25, -0.2) is 0 Å². The molecule has 19 heavy (non-hydrogen) atoms. The summed E-state index contributed by atoms with van der Waals surface area (Å²) in [6.45, 7) is 7.55. The summed E-state index contributed by atoms with van der Waals surface area (Å²) < 4.78 is 0. The molecule has 2 rings (SSSR count). The molecular weight excluding hydrogens is 232 g/mol. The molecule has 0 radical (unpaired) electrons. The van der Waals surface area contributed by atoms with Crippen molar-refractivity contribution in [1.29, 1.82) is 0 Å². The van der Waals surface area contributed by atoms with Crippen LogP contribution in [-0.2, 0) is 6.54 Å². The van der Waals surface area contributed by atoms with Crippen LogP contribution < -0.4 is 5.32 Å². The number of hydrogen-bond donors (Lipinski definition) is 1. The Balaban J connectivity index is 1.94. The molecule has 0 aromatic heterocycles. The normalized spacial score (nSPS) is 13.1. The smallest absolute Gasteiger partial charge is 0.0208 e. The van der Waals surface area contributed by atoms with Gasteiger partial charge < -0.3 is 10.2 Å². The van der Waals surface area contributed by atoms with Gasteiger partial charge in [-0.3, -0.25) is 0 Å². The van der Waals surface area contributed by atoms with Crippen molar-refractivity contribution in [3.8, 4) is 0 Å². The van der Waals surface area contributed by atoms with Crippen LogP contribution in [0, 0.1) is 0 Å². The lowest BCUT2D eigenvalue weighted by atomic mass is 10.1. The average molecular weight is 256 g/mol. The molecular formula is C17H24N2. The Morgan fingerprint density at radius 2 is 1.84 bits per heavy atom. The van der Waals surface area contributed by atoms with E-state index in [1.165, 1.54) is 16.3 Å². The Morgan fingerprint density at radius 1 is 1.11 bits per heavy atom. The molecule has 0 amide bonds. The van der Waals surface area contributed by atoms with Crippen LogP contribution >= 0.6 is 0 Å². The van der Waals surface area contributed by atoms with Gasteiger partial charge in [0.1, 0.15) is 0 Å². The van der Waals surface area contributed by atoms with E-state index in [-0.39, 0.29) is 0 Å². The van der Waals surface area contributed by atoms with E-state index in [1.54, 1.807) is 0 Å². The minimum Gasteiger partial charge on any atom is -0.309 e. The Hall–Kier alpha value is -1.38. The highest BCUT2D eigenvalue weighted by molar-refractivity contribution is 5.82. The number of nitrogens with zero attached hydrogens (tertiary/aromatic N) is 1. The molecule has 0 saturated carbocycles. The van der Waals surface area contributed by atoms with Crippen molar-refractivity contribution in [2.45, 2.75) is 26.4 Å². The molecule has 102 valence electrons. The second-order valence-electron chi connectivity index (χ2n) is 5.32. The van der Waals surface area contributed by atoms with Gasteiger partial charge in [-0.1, -0.05) is 43.3 Å². The lowest BCUT2D eigenvalue weighted by Crippen LogP contribution is -2.36. The van der Waals surface area contributed by atoms with Crippen molar-refractivity contribution in [3.63, 3.8) is 0 Å². The second kappa shape index (κ2) is 6.69. The second-order valence-corrected chi connectivity index (χ2v) is 5.32. The topological polar surface area (TPSA) is 15.3 Å². The van der Waals surface area contributed by atoms with Crippen LogP contribution in [0.3, 0.4) is 0 Å². The summed E-state index contributed by atoms with van der Waals surface area (Å²) in [5, 5.41) is 6.22. The molecule has 0 saturated heterocycles. The van der Waals surface area contributed by atoms with E-state index in [0.717, 1.165) is 19.6 Å². The molecule has 1 unspecified atom stereocenters. The van der Waals surface area contributed by atoms with Crippen molar-refractivity contribution in [1.82, 2.24) is 10.2 Å². The number of hydrogen-bond acceptors (Lipinski definition) is 2. The van der Waals surface area contributed by atoms with E-state index in [1.807, 2.05) is 0 Å². The van der Waals surface area contributed by atoms with E-state index in [9.17, 15) is 0 Å². The summed E-state index contributed by atoms with van der Waals surface area (Å²) in [7, 11) is 2.16. The van der Waals surface area contributed by atoms with Gasteiger partial charge in [0.05, 0.1) is 0 Å². The molecule has 1 N–H and O–H groups in total. The number of benzene rings is 2. The third kappa shape index (κ3) is 4.05. The number of likely N-dealkylation sites (N-methyl/N-ethyl adjacent to an activating group) is 1. The fraction of sp³-hybridized carbons (Fsp3) is 0.412. The zero-order chi connectivity index (χ0) is 13.7. The Morgan fingerprint density at radius 3 is 2.58 bits per heavy atom. The number of nitrogens with one attached hydrogen (secondary N) is 1. The third-order valence-corrected chi connectivity index (χ3v) is 3.59. The molecule has 2 nitrogen and oxygen atoms in total. The van der Waals surface area contributed by atoms with Gasteiger partial charge in [-0.05, 0) is 42.9 Å². The molecule has 2 aromatic carbocycles. The maximum absolute atomic E-state index is 3.59. The molecule has 0 bridgehead atoms. The third-order valence-electron chi connectivity index (χ3n) is 3.59. The molecule has 0 aliphatic carbocycles. The van der Waals surface area contributed by atoms with Crippen LogP contribution in [-0.4, -0.2) is 31.1 Å². The fourth-order valence-electron chi connectivity index (χ4n) is 2.30. The van der Waals surface area contributed by atoms with E-state index < -0.39 is 0 Å². The van der Waals surface area contributed by atoms with E-state index >= 15 is 0 Å². The van der Waals surface area contributed by atoms with Gasteiger partial charge in [0.2, 0.25) is 0 Å². The first kappa shape index (κ1) is 14.0. The molecule has 2 heteroatoms. The summed E-state index contributed by atoms with van der Waals surface area (Å²) in [6, 6.07) is 15.7. The van der Waals surface area contributed by atoms with Crippen molar-refractivity contribution in [2.75, 3.05) is 20.1 Å². The van der Waals surface area contributed by atoms with Crippen molar-refractivity contribution >= 4 is 10.8 Å². The molecule has 2 aromatic rings. The molecule has 0 heterocycles. The minimum absolute atomic E-state index is 0.511. The van der Waals surface area contributed by atoms with Crippen LogP contribution in [0.2, 0.25) is 0 Å². The molecule has 1 atom stereocenters. The predicted molar refractivity (Wildman–Crippen MR) is 83.4 cm³/mol. The highest BCUT2D eigenvalue weighted by atomic mass is 15.1. The zero-order valence-corrected chi connectivity index (χ0v) is 12.2. The molecule has 0 spiro atoms. The maximum Gasteiger partial charge on any atom is 0.0208 e. The summed E-state index contributed by atoms with van der Waals surface area (Å²) in [4.78, 5) is 2.33. The minimum atomic E-state index is 0.511. The monoisotopic (exact) mass is 256 g/mol. The highest BCUT2D eigenvalue weighted by Gasteiger charge is 2.04. The number of rotatable bonds is 6. The van der Waals surface area contributed by atoms with Gasteiger partial charge in [-0.15, -0.1) is 0 Å². The largest absolute Gasteiger partial charge is 0.309 e. The van der Waals surface area contributed by atoms with E-state index in [2.05, 4.69) is 73.6 Å². The Labute approximate surface area is 116 Å². The van der Waals surface area contributed by atoms with Crippen LogP contribution in [0.15, 0.2) is 42.5 Å². The van der Waals surface area contributed by atoms with E-state index in [4.69, 9.17) is 0 Å². The van der Waals surface area contributed by atoms with Crippen LogP contribution in [0.1, 0.15) is 19.4 Å². The highest BCUT2D eigenvalue weighted by Crippen LogP contribution is 2.15. The quantitative estimate of drug-likeness (QED) is 0.853. The van der Waals surface area contributed by atoms with Gasteiger partial charge in [0.25, 0.3) is 0 Å². The van der Waals surface area contributed by atoms with Crippen LogP contribution in [0.4, 0.5) is 0 Å². The lowest BCUT2D eigenvalue weighted by Gasteiger charge is -2.20. The number of fused-ring (bicyclic) bond motifs is 1. The van der Waals surface area contributed by atoms with Crippen molar-refractivity contribution in [3.05, 3.63) is 48.0 Å². The van der Waals surface area contributed by atoms with Crippen LogP contribution in [0.5, 0.6) is 0 Å². The molecule has 0 fully saturated rings. The first-order chi connectivity index (χ1) is 9.19. The first-order valence-electron chi connectivity index (χ1n) is 7.08. The average Bonchev–Trinajstić information content (AvgIpc) is 2.44. The van der Waals surface area contributed by atoms with E-state index in [0.29, 0.717) is 6.04 Å². The summed E-state index contributed by atoms with van der Waals surface area (Å²) in [6.07, 6.45) is 0. The molecule has 0 aliphatic rings. The molecule has 0 aliphatic heterocycles. The lowest BCUT2D eigenvalue weighted by molar-refractivity contribution is 0.309. The SMILES string of the molecule is CCN(C)CC(C)NCc1ccc2ccccc2c1. The summed E-state index contributed by atoms with van der Waals surface area (Å²) in [5.41, 5.74) is 1.35. The van der Waals surface area contributed by atoms with Crippen molar-refractivity contribution in [2.24, 2.45) is 0 Å². The predicted octanol–water partition coefficient (Wildman–Crippen LogP) is 3.27. The summed E-state index contributed by atoms with van der Waals surface area (Å²) >= 11 is 0.